The number of hydrogen-bond donors (Lipinski definition) is 1. The summed E-state index contributed by atoms with van der Waals surface area (Å²) in [5, 5.41) is 3.14. The molecule has 2 rings (SSSR count). The summed E-state index contributed by atoms with van der Waals surface area (Å²) in [6, 6.07) is 11.1. The second-order valence-electron chi connectivity index (χ2n) is 4.38. The van der Waals surface area contributed by atoms with Crippen LogP contribution in [0.15, 0.2) is 47.4 Å². The molecule has 0 aliphatic heterocycles. The normalized spacial score (nSPS) is 11.2. The predicted molar refractivity (Wildman–Crippen MR) is 91.7 cm³/mol. The van der Waals surface area contributed by atoms with Gasteiger partial charge in [-0.3, -0.25) is 4.79 Å². The van der Waals surface area contributed by atoms with Crippen LogP contribution in [0, 0.1) is 3.57 Å². The highest BCUT2D eigenvalue weighted by atomic mass is 127. The lowest BCUT2D eigenvalue weighted by atomic mass is 10.2. The van der Waals surface area contributed by atoms with E-state index in [1.807, 2.05) is 22.6 Å². The number of sulfone groups is 1. The van der Waals surface area contributed by atoms with Crippen LogP contribution in [-0.2, 0) is 9.84 Å². The Morgan fingerprint density at radius 1 is 1.19 bits per heavy atom. The Morgan fingerprint density at radius 3 is 2.57 bits per heavy atom. The van der Waals surface area contributed by atoms with Gasteiger partial charge in [0.05, 0.1) is 10.5 Å². The third-order valence-electron chi connectivity index (χ3n) is 2.69. The lowest BCUT2D eigenvalue weighted by Crippen LogP contribution is -2.13. The maximum absolute atomic E-state index is 12.2. The van der Waals surface area contributed by atoms with Crippen LogP contribution in [0.2, 0.25) is 5.02 Å². The number of carbonyl (C=O) groups is 1. The largest absolute Gasteiger partial charge is 0.322 e. The van der Waals surface area contributed by atoms with Crippen molar-refractivity contribution in [3.8, 4) is 0 Å². The molecule has 0 saturated carbocycles. The molecular formula is C14H11ClINO3S. The minimum Gasteiger partial charge on any atom is -0.322 e. The van der Waals surface area contributed by atoms with E-state index in [9.17, 15) is 13.2 Å². The second-order valence-corrected chi connectivity index (χ2v) is 7.99. The Labute approximate surface area is 141 Å². The summed E-state index contributed by atoms with van der Waals surface area (Å²) in [4.78, 5) is 12.4. The van der Waals surface area contributed by atoms with Gasteiger partial charge >= 0.3 is 0 Å². The maximum atomic E-state index is 12.2. The topological polar surface area (TPSA) is 63.2 Å². The summed E-state index contributed by atoms with van der Waals surface area (Å²) >= 11 is 7.93. The van der Waals surface area contributed by atoms with Crippen molar-refractivity contribution in [2.45, 2.75) is 4.90 Å². The molecule has 0 fully saturated rings. The van der Waals surface area contributed by atoms with Crippen LogP contribution in [0.25, 0.3) is 0 Å². The van der Waals surface area contributed by atoms with E-state index < -0.39 is 9.84 Å². The van der Waals surface area contributed by atoms with Crippen molar-refractivity contribution in [1.29, 1.82) is 0 Å². The molecular weight excluding hydrogens is 425 g/mol. The fourth-order valence-corrected chi connectivity index (χ4v) is 3.09. The molecule has 1 amide bonds. The van der Waals surface area contributed by atoms with Crippen molar-refractivity contribution in [2.75, 3.05) is 11.6 Å². The van der Waals surface area contributed by atoms with E-state index in [1.54, 1.807) is 30.3 Å². The summed E-state index contributed by atoms with van der Waals surface area (Å²) in [7, 11) is -3.31. The van der Waals surface area contributed by atoms with Crippen molar-refractivity contribution < 1.29 is 13.2 Å². The van der Waals surface area contributed by atoms with E-state index in [4.69, 9.17) is 11.6 Å². The molecule has 0 radical (unpaired) electrons. The lowest BCUT2D eigenvalue weighted by molar-refractivity contribution is 0.102. The van der Waals surface area contributed by atoms with Gasteiger partial charge in [0, 0.05) is 20.5 Å². The van der Waals surface area contributed by atoms with Crippen LogP contribution in [0.1, 0.15) is 10.4 Å². The molecule has 21 heavy (non-hydrogen) atoms. The molecule has 0 atom stereocenters. The van der Waals surface area contributed by atoms with Crippen LogP contribution in [0.5, 0.6) is 0 Å². The van der Waals surface area contributed by atoms with Crippen molar-refractivity contribution in [3.63, 3.8) is 0 Å². The molecule has 0 aromatic heterocycles. The van der Waals surface area contributed by atoms with E-state index >= 15 is 0 Å². The van der Waals surface area contributed by atoms with E-state index in [-0.39, 0.29) is 10.8 Å². The number of hydrogen-bond acceptors (Lipinski definition) is 3. The van der Waals surface area contributed by atoms with E-state index in [0.29, 0.717) is 16.3 Å². The monoisotopic (exact) mass is 435 g/mol. The standard InChI is InChI=1S/C14H11ClINO3S/c1-21(19,20)11-4-2-3-10(8-11)17-14(18)12-7-9(15)5-6-13(12)16/h2-8H,1H3,(H,17,18). The van der Waals surface area contributed by atoms with Gasteiger partial charge in [-0.05, 0) is 59.0 Å². The fraction of sp³-hybridized carbons (Fsp3) is 0.0714. The first kappa shape index (κ1) is 16.3. The zero-order valence-electron chi connectivity index (χ0n) is 10.9. The molecule has 0 aliphatic carbocycles. The SMILES string of the molecule is CS(=O)(=O)c1cccc(NC(=O)c2cc(Cl)ccc2I)c1. The summed E-state index contributed by atoms with van der Waals surface area (Å²) in [6.07, 6.45) is 1.12. The summed E-state index contributed by atoms with van der Waals surface area (Å²) in [6.45, 7) is 0. The molecule has 4 nitrogen and oxygen atoms in total. The molecule has 110 valence electrons. The van der Waals surface area contributed by atoms with E-state index in [2.05, 4.69) is 5.32 Å². The third kappa shape index (κ3) is 4.18. The number of anilines is 1. The van der Waals surface area contributed by atoms with Crippen LogP contribution >= 0.6 is 34.2 Å². The summed E-state index contributed by atoms with van der Waals surface area (Å²) < 4.78 is 23.8. The van der Waals surface area contributed by atoms with Gasteiger partial charge < -0.3 is 5.32 Å². The Morgan fingerprint density at radius 2 is 1.90 bits per heavy atom. The average Bonchev–Trinajstić information content (AvgIpc) is 2.41. The smallest absolute Gasteiger partial charge is 0.256 e. The number of rotatable bonds is 3. The molecule has 0 spiro atoms. The Balaban J connectivity index is 2.30. The second kappa shape index (κ2) is 6.33. The summed E-state index contributed by atoms with van der Waals surface area (Å²) in [5.74, 6) is -0.340. The molecule has 7 heteroatoms. The van der Waals surface area contributed by atoms with Crippen LogP contribution in [0.4, 0.5) is 5.69 Å². The predicted octanol–water partition coefficient (Wildman–Crippen LogP) is 3.60. The van der Waals surface area contributed by atoms with Crippen molar-refractivity contribution in [1.82, 2.24) is 0 Å². The van der Waals surface area contributed by atoms with Crippen molar-refractivity contribution >= 4 is 55.6 Å². The quantitative estimate of drug-likeness (QED) is 0.749. The highest BCUT2D eigenvalue weighted by Gasteiger charge is 2.13. The van der Waals surface area contributed by atoms with Crippen LogP contribution < -0.4 is 5.32 Å². The lowest BCUT2D eigenvalue weighted by Gasteiger charge is -2.08. The molecule has 0 heterocycles. The number of halogens is 2. The number of benzene rings is 2. The van der Waals surface area contributed by atoms with Gasteiger partial charge in [-0.25, -0.2) is 8.42 Å². The maximum Gasteiger partial charge on any atom is 0.256 e. The summed E-state index contributed by atoms with van der Waals surface area (Å²) in [5.41, 5.74) is 0.853. The highest BCUT2D eigenvalue weighted by Crippen LogP contribution is 2.20. The van der Waals surface area contributed by atoms with E-state index in [0.717, 1.165) is 9.83 Å². The van der Waals surface area contributed by atoms with Gasteiger partial charge in [-0.1, -0.05) is 17.7 Å². The van der Waals surface area contributed by atoms with Gasteiger partial charge in [-0.2, -0.15) is 0 Å². The first-order valence-corrected chi connectivity index (χ1v) is 9.19. The molecule has 0 bridgehead atoms. The molecule has 0 unspecified atom stereocenters. The third-order valence-corrected chi connectivity index (χ3v) is 4.98. The van der Waals surface area contributed by atoms with Crippen LogP contribution in [-0.4, -0.2) is 20.6 Å². The number of nitrogens with one attached hydrogen (secondary N) is 1. The van der Waals surface area contributed by atoms with Gasteiger partial charge in [0.25, 0.3) is 5.91 Å². The Hall–Kier alpha value is -1.12. The van der Waals surface area contributed by atoms with Gasteiger partial charge in [0.15, 0.2) is 9.84 Å². The Bertz CT molecular complexity index is 806. The Kier molecular flexibility index (Phi) is 4.90. The fourth-order valence-electron chi connectivity index (χ4n) is 1.67. The first-order chi connectivity index (χ1) is 9.77. The average molecular weight is 436 g/mol. The minimum atomic E-state index is -3.31. The zero-order chi connectivity index (χ0) is 15.6. The van der Waals surface area contributed by atoms with Gasteiger partial charge in [0.1, 0.15) is 0 Å². The molecule has 0 saturated heterocycles. The van der Waals surface area contributed by atoms with Gasteiger partial charge in [0.2, 0.25) is 0 Å². The first-order valence-electron chi connectivity index (χ1n) is 5.84. The highest BCUT2D eigenvalue weighted by molar-refractivity contribution is 14.1. The van der Waals surface area contributed by atoms with Crippen LogP contribution in [0.3, 0.4) is 0 Å². The molecule has 0 aliphatic rings. The minimum absolute atomic E-state index is 0.154. The zero-order valence-corrected chi connectivity index (χ0v) is 14.7. The number of amides is 1. The van der Waals surface area contributed by atoms with Crippen molar-refractivity contribution in [2.24, 2.45) is 0 Å². The van der Waals surface area contributed by atoms with Gasteiger partial charge in [-0.15, -0.1) is 0 Å². The molecule has 2 aromatic carbocycles. The number of carbonyl (C=O) groups excluding carboxylic acids is 1. The van der Waals surface area contributed by atoms with E-state index in [1.165, 1.54) is 12.1 Å². The molecule has 1 N–H and O–H groups in total. The van der Waals surface area contributed by atoms with Crippen molar-refractivity contribution in [3.05, 3.63) is 56.6 Å². The molecule has 2 aromatic rings.